The summed E-state index contributed by atoms with van der Waals surface area (Å²) in [6.45, 7) is 2.44. The van der Waals surface area contributed by atoms with Crippen LogP contribution in [-0.4, -0.2) is 28.0 Å². The van der Waals surface area contributed by atoms with Gasteiger partial charge in [-0.1, -0.05) is 41.9 Å². The van der Waals surface area contributed by atoms with E-state index in [0.717, 1.165) is 16.9 Å². The van der Waals surface area contributed by atoms with Crippen LogP contribution in [0.3, 0.4) is 0 Å². The zero-order chi connectivity index (χ0) is 18.5. The van der Waals surface area contributed by atoms with Gasteiger partial charge in [0.2, 0.25) is 0 Å². The monoisotopic (exact) mass is 370 g/mol. The molecule has 0 fully saturated rings. The average Bonchev–Trinajstić information content (AvgIpc) is 3.06. The van der Waals surface area contributed by atoms with Gasteiger partial charge < -0.3 is 10.1 Å². The first-order valence-electron chi connectivity index (χ1n) is 8.22. The van der Waals surface area contributed by atoms with Gasteiger partial charge >= 0.3 is 0 Å². The summed E-state index contributed by atoms with van der Waals surface area (Å²) in [5, 5.41) is 11.7. The van der Waals surface area contributed by atoms with E-state index in [-0.39, 0.29) is 5.91 Å². The van der Waals surface area contributed by atoms with Gasteiger partial charge in [-0.15, -0.1) is 5.10 Å². The minimum Gasteiger partial charge on any atom is -0.380 e. The van der Waals surface area contributed by atoms with Gasteiger partial charge in [0, 0.05) is 17.8 Å². The predicted octanol–water partition coefficient (Wildman–Crippen LogP) is 3.88. The lowest BCUT2D eigenvalue weighted by atomic mass is 10.2. The fourth-order valence-electron chi connectivity index (χ4n) is 2.71. The molecule has 1 amide bonds. The molecule has 0 saturated heterocycles. The third kappa shape index (κ3) is 3.92. The number of hydrogen-bond donors (Lipinski definition) is 1. The molecule has 0 radical (unpaired) electrons. The molecule has 1 heterocycles. The molecular weight excluding hydrogens is 352 g/mol. The van der Waals surface area contributed by atoms with Crippen LogP contribution in [0, 0.1) is 0 Å². The van der Waals surface area contributed by atoms with E-state index in [0.29, 0.717) is 29.4 Å². The van der Waals surface area contributed by atoms with Gasteiger partial charge in [0.15, 0.2) is 5.69 Å². The highest BCUT2D eigenvalue weighted by Crippen LogP contribution is 2.19. The molecule has 3 rings (SSSR count). The van der Waals surface area contributed by atoms with Gasteiger partial charge in [0.05, 0.1) is 18.0 Å². The number of nitrogens with zero attached hydrogens (tertiary/aromatic N) is 3. The maximum atomic E-state index is 12.7. The Morgan fingerprint density at radius 1 is 1.23 bits per heavy atom. The van der Waals surface area contributed by atoms with Crippen LogP contribution in [0.1, 0.15) is 28.7 Å². The molecule has 134 valence electrons. The first kappa shape index (κ1) is 18.1. The standard InChI is InChI=1S/C19H19ClN4O2/c1-3-17-18(22-23-24(17)16-9-5-7-14(20)11-16)19(25)21-15-8-4-6-13(10-15)12-26-2/h4-11H,3,12H2,1-2H3,(H,21,25). The van der Waals surface area contributed by atoms with Crippen LogP contribution in [0.25, 0.3) is 5.69 Å². The Morgan fingerprint density at radius 3 is 2.77 bits per heavy atom. The van der Waals surface area contributed by atoms with Crippen molar-refractivity contribution in [1.82, 2.24) is 15.0 Å². The Morgan fingerprint density at radius 2 is 2.04 bits per heavy atom. The third-order valence-electron chi connectivity index (χ3n) is 3.86. The Bertz CT molecular complexity index is 923. The highest BCUT2D eigenvalue weighted by atomic mass is 35.5. The summed E-state index contributed by atoms with van der Waals surface area (Å²) >= 11 is 6.06. The SMILES string of the molecule is CCc1c(C(=O)Nc2cccc(COC)c2)nnn1-c1cccc(Cl)c1. The van der Waals surface area contributed by atoms with Crippen molar-refractivity contribution in [2.75, 3.05) is 12.4 Å². The van der Waals surface area contributed by atoms with E-state index in [4.69, 9.17) is 16.3 Å². The molecule has 0 bridgehead atoms. The maximum Gasteiger partial charge on any atom is 0.278 e. The van der Waals surface area contributed by atoms with Gasteiger partial charge in [-0.3, -0.25) is 4.79 Å². The van der Waals surface area contributed by atoms with Crippen molar-refractivity contribution < 1.29 is 9.53 Å². The quantitative estimate of drug-likeness (QED) is 0.714. The summed E-state index contributed by atoms with van der Waals surface area (Å²) in [6, 6.07) is 14.8. The number of amides is 1. The number of carbonyl (C=O) groups excluding carboxylic acids is 1. The lowest BCUT2D eigenvalue weighted by Crippen LogP contribution is -2.15. The van der Waals surface area contributed by atoms with Crippen LogP contribution in [0.2, 0.25) is 5.02 Å². The van der Waals surface area contributed by atoms with Crippen molar-refractivity contribution in [3.63, 3.8) is 0 Å². The lowest BCUT2D eigenvalue weighted by Gasteiger charge is -2.08. The Hall–Kier alpha value is -2.70. The number of ether oxygens (including phenoxy) is 1. The molecule has 1 N–H and O–H groups in total. The smallest absolute Gasteiger partial charge is 0.278 e. The van der Waals surface area contributed by atoms with Crippen molar-refractivity contribution in [1.29, 1.82) is 0 Å². The van der Waals surface area contributed by atoms with Gasteiger partial charge in [-0.2, -0.15) is 0 Å². The van der Waals surface area contributed by atoms with Gasteiger partial charge in [0.25, 0.3) is 5.91 Å². The van der Waals surface area contributed by atoms with E-state index in [1.54, 1.807) is 23.9 Å². The Labute approximate surface area is 156 Å². The van der Waals surface area contributed by atoms with Crippen molar-refractivity contribution in [3.05, 3.63) is 70.5 Å². The Kier molecular flexibility index (Phi) is 5.65. The van der Waals surface area contributed by atoms with Gasteiger partial charge in [0.1, 0.15) is 0 Å². The van der Waals surface area contributed by atoms with E-state index in [1.165, 1.54) is 0 Å². The second kappa shape index (κ2) is 8.12. The fourth-order valence-corrected chi connectivity index (χ4v) is 2.89. The molecule has 0 aliphatic carbocycles. The highest BCUT2D eigenvalue weighted by Gasteiger charge is 2.19. The van der Waals surface area contributed by atoms with E-state index < -0.39 is 0 Å². The summed E-state index contributed by atoms with van der Waals surface area (Å²) in [5.74, 6) is -0.301. The number of rotatable bonds is 6. The number of anilines is 1. The molecule has 0 aliphatic heterocycles. The van der Waals surface area contributed by atoms with Crippen molar-refractivity contribution in [2.45, 2.75) is 20.0 Å². The fraction of sp³-hybridized carbons (Fsp3) is 0.211. The summed E-state index contributed by atoms with van der Waals surface area (Å²) in [6.07, 6.45) is 0.603. The maximum absolute atomic E-state index is 12.7. The first-order valence-corrected chi connectivity index (χ1v) is 8.60. The predicted molar refractivity (Wildman–Crippen MR) is 101 cm³/mol. The minimum absolute atomic E-state index is 0.296. The number of hydrogen-bond acceptors (Lipinski definition) is 4. The largest absolute Gasteiger partial charge is 0.380 e. The molecule has 7 heteroatoms. The van der Waals surface area contributed by atoms with Crippen molar-refractivity contribution >= 4 is 23.2 Å². The topological polar surface area (TPSA) is 69.0 Å². The van der Waals surface area contributed by atoms with E-state index >= 15 is 0 Å². The number of methoxy groups -OCH3 is 1. The van der Waals surface area contributed by atoms with Gasteiger partial charge in [-0.25, -0.2) is 4.68 Å². The van der Waals surface area contributed by atoms with Crippen LogP contribution in [0.15, 0.2) is 48.5 Å². The second-order valence-electron chi connectivity index (χ2n) is 5.72. The number of aromatic nitrogens is 3. The molecule has 3 aromatic rings. The number of halogens is 1. The zero-order valence-electron chi connectivity index (χ0n) is 14.6. The normalized spacial score (nSPS) is 10.7. The molecular formula is C19H19ClN4O2. The molecule has 1 aromatic heterocycles. The summed E-state index contributed by atoms with van der Waals surface area (Å²) in [4.78, 5) is 12.7. The van der Waals surface area contributed by atoms with Crippen molar-refractivity contribution in [2.24, 2.45) is 0 Å². The second-order valence-corrected chi connectivity index (χ2v) is 6.15. The summed E-state index contributed by atoms with van der Waals surface area (Å²) in [5.41, 5.74) is 3.44. The molecule has 6 nitrogen and oxygen atoms in total. The molecule has 26 heavy (non-hydrogen) atoms. The average molecular weight is 371 g/mol. The van der Waals surface area contributed by atoms with Gasteiger partial charge in [-0.05, 0) is 42.3 Å². The van der Waals surface area contributed by atoms with Crippen LogP contribution in [0.5, 0.6) is 0 Å². The highest BCUT2D eigenvalue weighted by molar-refractivity contribution is 6.30. The molecule has 0 saturated carbocycles. The summed E-state index contributed by atoms with van der Waals surface area (Å²) < 4.78 is 6.76. The molecule has 0 aliphatic rings. The molecule has 0 atom stereocenters. The molecule has 0 unspecified atom stereocenters. The van der Waals surface area contributed by atoms with E-state index in [9.17, 15) is 4.79 Å². The lowest BCUT2D eigenvalue weighted by molar-refractivity contribution is 0.102. The zero-order valence-corrected chi connectivity index (χ0v) is 15.3. The Balaban J connectivity index is 1.87. The van der Waals surface area contributed by atoms with E-state index in [2.05, 4.69) is 15.6 Å². The van der Waals surface area contributed by atoms with Crippen LogP contribution >= 0.6 is 11.6 Å². The third-order valence-corrected chi connectivity index (χ3v) is 4.10. The molecule has 0 spiro atoms. The molecule has 2 aromatic carbocycles. The van der Waals surface area contributed by atoms with Crippen LogP contribution < -0.4 is 5.32 Å². The van der Waals surface area contributed by atoms with Crippen molar-refractivity contribution in [3.8, 4) is 5.69 Å². The first-order chi connectivity index (χ1) is 12.6. The minimum atomic E-state index is -0.301. The van der Waals surface area contributed by atoms with Crippen LogP contribution in [-0.2, 0) is 17.8 Å². The van der Waals surface area contributed by atoms with E-state index in [1.807, 2.05) is 43.3 Å². The number of benzene rings is 2. The number of nitrogens with one attached hydrogen (secondary N) is 1. The van der Waals surface area contributed by atoms with Crippen LogP contribution in [0.4, 0.5) is 5.69 Å². The summed E-state index contributed by atoms with van der Waals surface area (Å²) in [7, 11) is 1.63. The number of carbonyl (C=O) groups is 1.